The van der Waals surface area contributed by atoms with E-state index in [1.807, 2.05) is 107 Å². The molecule has 0 saturated heterocycles. The Bertz CT molecular complexity index is 1930. The Kier molecular flexibility index (Phi) is 10.6. The standard InChI is InChI=1S/C41H45N5O4/c1-28-22-36(46(45-28)34-17-10-14-31(23-34)26-43-40(48)50-41(2,3)4)39(47)44-33-16-11-15-32(24-33)38(42-25-29-20-21-29)35-18-8-9-19-37(35)49-27-30-12-6-5-7-13-30/h5-19,22-24,29,38,42H,20-21,25-27H2,1-4H3,(H,43,48)(H,44,47). The molecule has 1 fully saturated rings. The molecule has 50 heavy (non-hydrogen) atoms. The van der Waals surface area contributed by atoms with Gasteiger partial charge in [-0.2, -0.15) is 5.10 Å². The van der Waals surface area contributed by atoms with E-state index in [9.17, 15) is 9.59 Å². The van der Waals surface area contributed by atoms with E-state index in [-0.39, 0.29) is 18.5 Å². The zero-order valence-corrected chi connectivity index (χ0v) is 29.1. The van der Waals surface area contributed by atoms with Gasteiger partial charge < -0.3 is 25.4 Å². The number of ether oxygens (including phenoxy) is 2. The van der Waals surface area contributed by atoms with E-state index in [0.717, 1.165) is 34.5 Å². The van der Waals surface area contributed by atoms with Crippen LogP contribution < -0.4 is 20.7 Å². The molecule has 9 heteroatoms. The van der Waals surface area contributed by atoms with Gasteiger partial charge in [-0.25, -0.2) is 9.48 Å². The van der Waals surface area contributed by atoms with Gasteiger partial charge in [-0.05, 0) is 106 Å². The van der Waals surface area contributed by atoms with Crippen LogP contribution in [0, 0.1) is 12.8 Å². The molecule has 1 saturated carbocycles. The summed E-state index contributed by atoms with van der Waals surface area (Å²) < 4.78 is 13.4. The molecule has 4 aromatic carbocycles. The highest BCUT2D eigenvalue weighted by Gasteiger charge is 2.25. The molecular weight excluding hydrogens is 626 g/mol. The number of aryl methyl sites for hydroxylation is 1. The van der Waals surface area contributed by atoms with Gasteiger partial charge in [-0.3, -0.25) is 4.79 Å². The summed E-state index contributed by atoms with van der Waals surface area (Å²) in [6, 6.07) is 35.5. The van der Waals surface area contributed by atoms with E-state index >= 15 is 0 Å². The molecule has 0 bridgehead atoms. The molecule has 2 amide bonds. The zero-order valence-electron chi connectivity index (χ0n) is 29.1. The van der Waals surface area contributed by atoms with Gasteiger partial charge in [0.15, 0.2) is 0 Å². The Labute approximate surface area is 294 Å². The number of para-hydroxylation sites is 1. The fraction of sp³-hybridized carbons (Fsp3) is 0.293. The van der Waals surface area contributed by atoms with Crippen molar-refractivity contribution in [1.29, 1.82) is 0 Å². The third-order valence-electron chi connectivity index (χ3n) is 8.31. The molecular formula is C41H45N5O4. The number of aromatic nitrogens is 2. The summed E-state index contributed by atoms with van der Waals surface area (Å²) in [5.41, 5.74) is 5.91. The number of carbonyl (C=O) groups excluding carboxylic acids is 2. The first kappa shape index (κ1) is 34.5. The monoisotopic (exact) mass is 671 g/mol. The molecule has 5 aromatic rings. The lowest BCUT2D eigenvalue weighted by Crippen LogP contribution is -2.32. The van der Waals surface area contributed by atoms with Crippen LogP contribution in [0.2, 0.25) is 0 Å². The average Bonchev–Trinajstić information content (AvgIpc) is 3.85. The summed E-state index contributed by atoms with van der Waals surface area (Å²) in [7, 11) is 0. The second kappa shape index (κ2) is 15.4. The number of carbonyl (C=O) groups is 2. The minimum absolute atomic E-state index is 0.135. The maximum atomic E-state index is 13.8. The summed E-state index contributed by atoms with van der Waals surface area (Å²) in [6.45, 7) is 8.97. The molecule has 0 aliphatic heterocycles. The molecule has 1 aliphatic rings. The van der Waals surface area contributed by atoms with Crippen molar-refractivity contribution in [3.8, 4) is 11.4 Å². The smallest absolute Gasteiger partial charge is 0.407 e. The van der Waals surface area contributed by atoms with Gasteiger partial charge in [0, 0.05) is 17.8 Å². The number of amides is 2. The molecule has 1 aliphatic carbocycles. The van der Waals surface area contributed by atoms with E-state index in [0.29, 0.717) is 35.3 Å². The minimum Gasteiger partial charge on any atom is -0.489 e. The molecule has 6 rings (SSSR count). The van der Waals surface area contributed by atoms with E-state index in [1.54, 1.807) is 10.7 Å². The quantitative estimate of drug-likeness (QED) is 0.117. The Balaban J connectivity index is 1.20. The predicted octanol–water partition coefficient (Wildman–Crippen LogP) is 8.13. The largest absolute Gasteiger partial charge is 0.489 e. The average molecular weight is 672 g/mol. The molecule has 1 unspecified atom stereocenters. The van der Waals surface area contributed by atoms with Gasteiger partial charge in [0.1, 0.15) is 23.7 Å². The maximum absolute atomic E-state index is 13.8. The van der Waals surface area contributed by atoms with Crippen molar-refractivity contribution < 1.29 is 19.1 Å². The molecule has 0 spiro atoms. The second-order valence-corrected chi connectivity index (χ2v) is 13.8. The number of hydrogen-bond acceptors (Lipinski definition) is 6. The molecule has 9 nitrogen and oxygen atoms in total. The lowest BCUT2D eigenvalue weighted by atomic mass is 9.97. The van der Waals surface area contributed by atoms with Gasteiger partial charge in [0.2, 0.25) is 0 Å². The van der Waals surface area contributed by atoms with Crippen molar-refractivity contribution >= 4 is 17.7 Å². The van der Waals surface area contributed by atoms with Crippen LogP contribution in [0.3, 0.4) is 0 Å². The van der Waals surface area contributed by atoms with E-state index in [2.05, 4.69) is 45.3 Å². The molecule has 3 N–H and O–H groups in total. The second-order valence-electron chi connectivity index (χ2n) is 13.8. The number of nitrogens with zero attached hydrogens (tertiary/aromatic N) is 2. The Morgan fingerprint density at radius 1 is 0.880 bits per heavy atom. The number of benzene rings is 4. The minimum atomic E-state index is -0.588. The van der Waals surface area contributed by atoms with Crippen LogP contribution in [0.5, 0.6) is 5.75 Å². The highest BCUT2D eigenvalue weighted by Crippen LogP contribution is 2.34. The van der Waals surface area contributed by atoms with Crippen molar-refractivity contribution in [3.05, 3.63) is 143 Å². The third kappa shape index (κ3) is 9.39. The van der Waals surface area contributed by atoms with Crippen molar-refractivity contribution in [1.82, 2.24) is 20.4 Å². The van der Waals surface area contributed by atoms with Gasteiger partial charge in [-0.1, -0.05) is 72.8 Å². The Morgan fingerprint density at radius 3 is 2.40 bits per heavy atom. The van der Waals surface area contributed by atoms with Gasteiger partial charge in [0.05, 0.1) is 17.4 Å². The third-order valence-corrected chi connectivity index (χ3v) is 8.31. The highest BCUT2D eigenvalue weighted by atomic mass is 16.6. The topological polar surface area (TPSA) is 107 Å². The molecule has 1 atom stereocenters. The van der Waals surface area contributed by atoms with Crippen LogP contribution in [0.1, 0.15) is 78.1 Å². The van der Waals surface area contributed by atoms with Crippen molar-refractivity contribution in [2.45, 2.75) is 65.3 Å². The van der Waals surface area contributed by atoms with Crippen LogP contribution >= 0.6 is 0 Å². The van der Waals surface area contributed by atoms with Crippen LogP contribution in [0.25, 0.3) is 5.69 Å². The first-order chi connectivity index (χ1) is 24.1. The number of hydrogen-bond donors (Lipinski definition) is 3. The number of rotatable bonds is 13. The van der Waals surface area contributed by atoms with E-state index in [4.69, 9.17) is 9.47 Å². The molecule has 258 valence electrons. The number of anilines is 1. The summed E-state index contributed by atoms with van der Waals surface area (Å²) in [5, 5.41) is 14.3. The SMILES string of the molecule is Cc1cc(C(=O)Nc2cccc(C(NCC3CC3)c3ccccc3OCc3ccccc3)c2)n(-c2cccc(CNC(=O)OC(C)(C)C)c2)n1. The molecule has 0 radical (unpaired) electrons. The van der Waals surface area contributed by atoms with Gasteiger partial charge in [0.25, 0.3) is 5.91 Å². The lowest BCUT2D eigenvalue weighted by molar-refractivity contribution is 0.0523. The number of nitrogens with one attached hydrogen (secondary N) is 3. The lowest BCUT2D eigenvalue weighted by Gasteiger charge is -2.23. The Morgan fingerprint density at radius 2 is 1.62 bits per heavy atom. The highest BCUT2D eigenvalue weighted by molar-refractivity contribution is 6.03. The fourth-order valence-electron chi connectivity index (χ4n) is 5.74. The van der Waals surface area contributed by atoms with E-state index < -0.39 is 11.7 Å². The van der Waals surface area contributed by atoms with Gasteiger partial charge in [-0.15, -0.1) is 0 Å². The predicted molar refractivity (Wildman–Crippen MR) is 196 cm³/mol. The van der Waals surface area contributed by atoms with Gasteiger partial charge >= 0.3 is 6.09 Å². The first-order valence-electron chi connectivity index (χ1n) is 17.1. The van der Waals surface area contributed by atoms with E-state index in [1.165, 1.54) is 12.8 Å². The molecule has 1 aromatic heterocycles. The van der Waals surface area contributed by atoms with Crippen LogP contribution in [-0.4, -0.2) is 33.9 Å². The van der Waals surface area contributed by atoms with Crippen LogP contribution in [0.4, 0.5) is 10.5 Å². The maximum Gasteiger partial charge on any atom is 0.407 e. The van der Waals surface area contributed by atoms with Crippen molar-refractivity contribution in [2.75, 3.05) is 11.9 Å². The summed E-state index contributed by atoms with van der Waals surface area (Å²) in [5.74, 6) is 1.21. The van der Waals surface area contributed by atoms with Crippen molar-refractivity contribution in [3.63, 3.8) is 0 Å². The van der Waals surface area contributed by atoms with Crippen LogP contribution in [0.15, 0.2) is 109 Å². The Hall–Kier alpha value is -5.41. The fourth-order valence-corrected chi connectivity index (χ4v) is 5.74. The zero-order chi connectivity index (χ0) is 35.1. The normalized spacial score (nSPS) is 13.4. The number of alkyl carbamates (subject to hydrolysis) is 1. The summed E-state index contributed by atoms with van der Waals surface area (Å²) >= 11 is 0. The molecule has 1 heterocycles. The van der Waals surface area contributed by atoms with Crippen LogP contribution in [-0.2, 0) is 17.9 Å². The summed E-state index contributed by atoms with van der Waals surface area (Å²) in [4.78, 5) is 26.0. The first-order valence-corrected chi connectivity index (χ1v) is 17.1. The van der Waals surface area contributed by atoms with Crippen molar-refractivity contribution in [2.24, 2.45) is 5.92 Å². The summed E-state index contributed by atoms with van der Waals surface area (Å²) in [6.07, 6.45) is 1.98.